The van der Waals surface area contributed by atoms with Gasteiger partial charge in [0, 0.05) is 32.2 Å². The van der Waals surface area contributed by atoms with E-state index in [1.54, 1.807) is 0 Å². The van der Waals surface area contributed by atoms with E-state index in [-0.39, 0.29) is 32.6 Å². The second-order valence-corrected chi connectivity index (χ2v) is 18.0. The molecule has 2 rings (SSSR count). The summed E-state index contributed by atoms with van der Waals surface area (Å²) in [5.74, 6) is 1.52. The molecule has 1 aliphatic heterocycles. The van der Waals surface area contributed by atoms with Crippen LogP contribution in [0.4, 0.5) is 0 Å². The molecule has 0 bridgehead atoms. The summed E-state index contributed by atoms with van der Waals surface area (Å²) in [6.07, 6.45) is 33.7. The molecule has 1 aliphatic rings. The lowest BCUT2D eigenvalue weighted by Crippen LogP contribution is -2.29. The summed E-state index contributed by atoms with van der Waals surface area (Å²) in [6, 6.07) is 0. The molecule has 342 valence electrons. The number of allylic oxidation sites excluding steroid dienone is 1. The Bertz CT molecular complexity index is 1320. The van der Waals surface area contributed by atoms with Crippen LogP contribution < -0.4 is 5.73 Å². The van der Waals surface area contributed by atoms with Gasteiger partial charge < -0.3 is 29.3 Å². The van der Waals surface area contributed by atoms with Crippen molar-refractivity contribution in [1.82, 2.24) is 0 Å². The molecule has 0 aromatic carbocycles. The summed E-state index contributed by atoms with van der Waals surface area (Å²) in [7, 11) is -4.39. The first-order chi connectivity index (χ1) is 28.6. The fourth-order valence-electron chi connectivity index (χ4n) is 7.35. The number of carbonyl (C=O) groups is 2. The third-order valence-electron chi connectivity index (χ3n) is 11.3. The molecule has 0 spiro atoms. The maximum Gasteiger partial charge on any atom is 0.472 e. The van der Waals surface area contributed by atoms with Crippen molar-refractivity contribution >= 4 is 19.8 Å². The maximum absolute atomic E-state index is 12.6. The summed E-state index contributed by atoms with van der Waals surface area (Å²) in [4.78, 5) is 35.0. The van der Waals surface area contributed by atoms with Crippen molar-refractivity contribution in [3.63, 3.8) is 0 Å². The fourth-order valence-corrected chi connectivity index (χ4v) is 8.11. The molecule has 1 saturated heterocycles. The van der Waals surface area contributed by atoms with E-state index in [9.17, 15) is 19.0 Å². The number of nitrogens with two attached hydrogens (primary N) is 1. The molecule has 1 aromatic rings. The highest BCUT2D eigenvalue weighted by molar-refractivity contribution is 7.47. The van der Waals surface area contributed by atoms with E-state index in [2.05, 4.69) is 39.8 Å². The summed E-state index contributed by atoms with van der Waals surface area (Å²) < 4.78 is 44.9. The minimum absolute atomic E-state index is 0.0450. The second-order valence-electron chi connectivity index (χ2n) is 16.6. The van der Waals surface area contributed by atoms with Crippen molar-refractivity contribution in [2.24, 2.45) is 5.73 Å². The first-order valence-corrected chi connectivity index (χ1v) is 25.1. The van der Waals surface area contributed by atoms with Crippen LogP contribution in [-0.4, -0.2) is 61.5 Å². The largest absolute Gasteiger partial charge is 0.472 e. The number of phosphoric acid groups is 1. The first-order valence-electron chi connectivity index (χ1n) is 23.6. The predicted octanol–water partition coefficient (Wildman–Crippen LogP) is 12.0. The highest BCUT2D eigenvalue weighted by atomic mass is 31.2. The van der Waals surface area contributed by atoms with Crippen LogP contribution in [0.3, 0.4) is 0 Å². The normalized spacial score (nSPS) is 16.7. The fraction of sp³-hybridized carbons (Fsp3) is 0.830. The van der Waals surface area contributed by atoms with Crippen molar-refractivity contribution in [2.45, 2.75) is 226 Å². The van der Waals surface area contributed by atoms with Crippen LogP contribution in [0, 0.1) is 13.8 Å². The van der Waals surface area contributed by atoms with Crippen LogP contribution in [0.15, 0.2) is 16.6 Å². The van der Waals surface area contributed by atoms with Crippen LogP contribution in [-0.2, 0) is 50.3 Å². The number of hydrogen-bond donors (Lipinski definition) is 2. The molecule has 0 aliphatic carbocycles. The Morgan fingerprint density at radius 2 is 1.24 bits per heavy atom. The standard InChI is InChI=1S/C47H84NO10P/c1-5-7-23-29-42-39(3)40(4)43(57-42)30-25-19-15-11-9-10-12-17-21-27-33-46(49)53-37-41(38-55-59(51,52)54-36-35-48)56-47(50)34-28-22-18-14-13-16-20-26-32-45-44(58-45)31-24-8-6-2/h20,26,41,44-45H,5-19,21-25,27-38,48H2,1-4H3,(H,51,52)/b26-20-/t41-,44?,45?/m1/s1. The average molecular weight is 854 g/mol. The van der Waals surface area contributed by atoms with Gasteiger partial charge in [0.05, 0.1) is 25.4 Å². The zero-order valence-electron chi connectivity index (χ0n) is 37.7. The third-order valence-corrected chi connectivity index (χ3v) is 12.3. The van der Waals surface area contributed by atoms with E-state index in [1.807, 2.05) is 0 Å². The van der Waals surface area contributed by atoms with Gasteiger partial charge in [0.15, 0.2) is 6.10 Å². The number of ether oxygens (including phenoxy) is 3. The number of esters is 2. The molecule has 3 unspecified atom stereocenters. The molecule has 0 saturated carbocycles. The van der Waals surface area contributed by atoms with Crippen LogP contribution in [0.2, 0.25) is 0 Å². The van der Waals surface area contributed by atoms with Crippen molar-refractivity contribution in [3.8, 4) is 0 Å². The molecule has 4 atom stereocenters. The summed E-state index contributed by atoms with van der Waals surface area (Å²) >= 11 is 0. The van der Waals surface area contributed by atoms with Gasteiger partial charge in [-0.2, -0.15) is 0 Å². The Balaban J connectivity index is 1.53. The molecule has 1 fully saturated rings. The van der Waals surface area contributed by atoms with Gasteiger partial charge in [0.25, 0.3) is 0 Å². The molecule has 59 heavy (non-hydrogen) atoms. The van der Waals surface area contributed by atoms with Crippen molar-refractivity contribution in [3.05, 3.63) is 34.8 Å². The lowest BCUT2D eigenvalue weighted by Gasteiger charge is -2.19. The second kappa shape index (κ2) is 33.6. The van der Waals surface area contributed by atoms with Gasteiger partial charge in [-0.3, -0.25) is 18.6 Å². The quantitative estimate of drug-likeness (QED) is 0.0213. The number of carbonyl (C=O) groups excluding carboxylic acids is 2. The van der Waals surface area contributed by atoms with Crippen molar-refractivity contribution in [1.29, 1.82) is 0 Å². The van der Waals surface area contributed by atoms with E-state index < -0.39 is 32.5 Å². The van der Waals surface area contributed by atoms with Gasteiger partial charge in [0.1, 0.15) is 18.1 Å². The monoisotopic (exact) mass is 854 g/mol. The minimum Gasteiger partial charge on any atom is -0.466 e. The van der Waals surface area contributed by atoms with E-state index in [4.69, 9.17) is 33.4 Å². The third kappa shape index (κ3) is 26.8. The zero-order valence-corrected chi connectivity index (χ0v) is 38.6. The average Bonchev–Trinajstić information content (AvgIpc) is 3.92. The number of unbranched alkanes of at least 4 members (excludes halogenated alkanes) is 18. The highest BCUT2D eigenvalue weighted by Gasteiger charge is 2.36. The minimum atomic E-state index is -4.39. The van der Waals surface area contributed by atoms with E-state index >= 15 is 0 Å². The molecule has 3 N–H and O–H groups in total. The maximum atomic E-state index is 12.6. The summed E-state index contributed by atoms with van der Waals surface area (Å²) in [5.41, 5.74) is 8.05. The molecule has 0 radical (unpaired) electrons. The Hall–Kier alpha value is -2.01. The van der Waals surface area contributed by atoms with Gasteiger partial charge >= 0.3 is 19.8 Å². The smallest absolute Gasteiger partial charge is 0.466 e. The Labute approximate surface area is 358 Å². The molecule has 11 nitrogen and oxygen atoms in total. The predicted molar refractivity (Wildman–Crippen MR) is 236 cm³/mol. The molecule has 2 heterocycles. The zero-order chi connectivity index (χ0) is 43.0. The molecule has 1 aromatic heterocycles. The van der Waals surface area contributed by atoms with Crippen LogP contribution in [0.5, 0.6) is 0 Å². The van der Waals surface area contributed by atoms with Crippen LogP contribution in [0.1, 0.15) is 203 Å². The van der Waals surface area contributed by atoms with Crippen LogP contribution in [0.25, 0.3) is 0 Å². The van der Waals surface area contributed by atoms with Gasteiger partial charge in [-0.25, -0.2) is 4.57 Å². The van der Waals surface area contributed by atoms with Crippen molar-refractivity contribution < 1.29 is 46.7 Å². The van der Waals surface area contributed by atoms with Gasteiger partial charge in [-0.1, -0.05) is 129 Å². The molecule has 0 amide bonds. The van der Waals surface area contributed by atoms with Crippen molar-refractivity contribution in [2.75, 3.05) is 26.4 Å². The van der Waals surface area contributed by atoms with Gasteiger partial charge in [0.2, 0.25) is 0 Å². The number of aryl methyl sites for hydroxylation is 2. The van der Waals surface area contributed by atoms with Gasteiger partial charge in [-0.05, 0) is 76.3 Å². The number of furan rings is 1. The Morgan fingerprint density at radius 3 is 1.85 bits per heavy atom. The number of hydrogen-bond acceptors (Lipinski definition) is 10. The van der Waals surface area contributed by atoms with Gasteiger partial charge in [-0.15, -0.1) is 0 Å². The van der Waals surface area contributed by atoms with E-state index in [1.165, 1.54) is 106 Å². The number of phosphoric ester groups is 1. The lowest BCUT2D eigenvalue weighted by molar-refractivity contribution is -0.161. The van der Waals surface area contributed by atoms with E-state index in [0.717, 1.165) is 77.0 Å². The lowest BCUT2D eigenvalue weighted by atomic mass is 10.0. The Morgan fingerprint density at radius 1 is 0.695 bits per heavy atom. The first kappa shape index (κ1) is 53.1. The summed E-state index contributed by atoms with van der Waals surface area (Å²) in [5, 5.41) is 0. The molecular weight excluding hydrogens is 769 g/mol. The molecule has 12 heteroatoms. The Kier molecular flexibility index (Phi) is 30.3. The topological polar surface area (TPSA) is 160 Å². The highest BCUT2D eigenvalue weighted by Crippen LogP contribution is 2.43. The summed E-state index contributed by atoms with van der Waals surface area (Å²) in [6.45, 7) is 8.04. The van der Waals surface area contributed by atoms with E-state index in [0.29, 0.717) is 18.6 Å². The van der Waals surface area contributed by atoms with Crippen LogP contribution >= 0.6 is 7.82 Å². The molecular formula is C47H84NO10P. The SMILES string of the molecule is CCCCCc1oc(CCCCCCCCCCCCC(=O)OC[C@H](COP(=O)(O)OCCN)OC(=O)CCCCCCC/C=C\CC2OC2CCCCC)c(C)c1C. The number of epoxide rings is 1. The number of rotatable bonds is 40.